The number of ether oxygens (including phenoxy) is 2. The van der Waals surface area contributed by atoms with Crippen LogP contribution in [-0.4, -0.2) is 20.3 Å². The molecule has 0 heterocycles. The topological polar surface area (TPSA) is 30.5 Å². The average Bonchev–Trinajstić information content (AvgIpc) is 2.52. The molecule has 1 aromatic carbocycles. The second-order valence-corrected chi connectivity index (χ2v) is 5.38. The summed E-state index contributed by atoms with van der Waals surface area (Å²) in [5.41, 5.74) is 1.22. The molecule has 0 fully saturated rings. The molecular formula is C18H31NO2. The van der Waals surface area contributed by atoms with Crippen LogP contribution in [0, 0.1) is 0 Å². The second kappa shape index (κ2) is 11.4. The molecule has 1 rings (SSSR count). The van der Waals surface area contributed by atoms with Crippen LogP contribution in [0.5, 0.6) is 11.5 Å². The van der Waals surface area contributed by atoms with Crippen molar-refractivity contribution in [2.45, 2.75) is 58.9 Å². The molecule has 3 nitrogen and oxygen atoms in total. The van der Waals surface area contributed by atoms with Gasteiger partial charge in [0.1, 0.15) is 0 Å². The van der Waals surface area contributed by atoms with E-state index in [4.69, 9.17) is 9.47 Å². The fourth-order valence-corrected chi connectivity index (χ4v) is 2.28. The van der Waals surface area contributed by atoms with E-state index in [0.717, 1.165) is 37.6 Å². The van der Waals surface area contributed by atoms with Crippen LogP contribution in [0.15, 0.2) is 18.2 Å². The maximum atomic E-state index is 5.85. The average molecular weight is 293 g/mol. The van der Waals surface area contributed by atoms with Gasteiger partial charge in [-0.1, -0.05) is 52.0 Å². The van der Waals surface area contributed by atoms with Crippen molar-refractivity contribution in [3.05, 3.63) is 23.8 Å². The molecule has 3 heteroatoms. The lowest BCUT2D eigenvalue weighted by Gasteiger charge is -2.12. The maximum Gasteiger partial charge on any atom is 0.161 e. The molecule has 0 saturated carbocycles. The predicted molar refractivity (Wildman–Crippen MR) is 89.2 cm³/mol. The molecule has 0 aliphatic rings. The number of hydrogen-bond acceptors (Lipinski definition) is 3. The van der Waals surface area contributed by atoms with E-state index in [1.54, 1.807) is 7.11 Å². The zero-order chi connectivity index (χ0) is 15.3. The van der Waals surface area contributed by atoms with Crippen LogP contribution in [0.2, 0.25) is 0 Å². The molecule has 0 aromatic heterocycles. The number of unbranched alkanes of at least 4 members (excludes halogenated alkanes) is 5. The number of benzene rings is 1. The van der Waals surface area contributed by atoms with E-state index in [2.05, 4.69) is 31.3 Å². The highest BCUT2D eigenvalue weighted by Crippen LogP contribution is 2.28. The van der Waals surface area contributed by atoms with E-state index < -0.39 is 0 Å². The summed E-state index contributed by atoms with van der Waals surface area (Å²) in [6.07, 6.45) is 7.68. The number of nitrogens with one attached hydrogen (secondary N) is 1. The number of hydrogen-bond donors (Lipinski definition) is 1. The molecule has 0 unspecified atom stereocenters. The SMILES string of the molecule is CCCCCCCCOc1ccc(CNCC)cc1OC. The van der Waals surface area contributed by atoms with Crippen LogP contribution in [0.3, 0.4) is 0 Å². The third-order valence-electron chi connectivity index (χ3n) is 3.56. The monoisotopic (exact) mass is 293 g/mol. The smallest absolute Gasteiger partial charge is 0.161 e. The molecule has 0 amide bonds. The Bertz CT molecular complexity index is 379. The summed E-state index contributed by atoms with van der Waals surface area (Å²) in [7, 11) is 1.70. The van der Waals surface area contributed by atoms with E-state index in [0.29, 0.717) is 0 Å². The summed E-state index contributed by atoms with van der Waals surface area (Å²) in [5, 5.41) is 3.32. The summed E-state index contributed by atoms with van der Waals surface area (Å²) in [6.45, 7) is 6.96. The summed E-state index contributed by atoms with van der Waals surface area (Å²) in [4.78, 5) is 0. The van der Waals surface area contributed by atoms with Crippen molar-refractivity contribution in [1.29, 1.82) is 0 Å². The van der Waals surface area contributed by atoms with E-state index in [1.165, 1.54) is 37.7 Å². The molecule has 0 aliphatic carbocycles. The third kappa shape index (κ3) is 7.37. The normalized spacial score (nSPS) is 10.6. The Labute approximate surface area is 130 Å². The first kappa shape index (κ1) is 17.8. The molecule has 0 bridgehead atoms. The summed E-state index contributed by atoms with van der Waals surface area (Å²) < 4.78 is 11.3. The Balaban J connectivity index is 2.33. The fourth-order valence-electron chi connectivity index (χ4n) is 2.28. The third-order valence-corrected chi connectivity index (χ3v) is 3.56. The molecule has 0 saturated heterocycles. The van der Waals surface area contributed by atoms with Gasteiger partial charge in [0.15, 0.2) is 11.5 Å². The minimum atomic E-state index is 0.773. The molecule has 120 valence electrons. The lowest BCUT2D eigenvalue weighted by atomic mass is 10.1. The van der Waals surface area contributed by atoms with Gasteiger partial charge >= 0.3 is 0 Å². The van der Waals surface area contributed by atoms with Gasteiger partial charge < -0.3 is 14.8 Å². The minimum absolute atomic E-state index is 0.773. The Hall–Kier alpha value is -1.22. The van der Waals surface area contributed by atoms with E-state index in [-0.39, 0.29) is 0 Å². The van der Waals surface area contributed by atoms with Gasteiger partial charge in [0.25, 0.3) is 0 Å². The van der Waals surface area contributed by atoms with Gasteiger partial charge in [-0.25, -0.2) is 0 Å². The molecule has 0 radical (unpaired) electrons. The van der Waals surface area contributed by atoms with E-state index in [9.17, 15) is 0 Å². The summed E-state index contributed by atoms with van der Waals surface area (Å²) >= 11 is 0. The molecule has 0 aliphatic heterocycles. The highest BCUT2D eigenvalue weighted by Gasteiger charge is 2.05. The van der Waals surface area contributed by atoms with Gasteiger partial charge in [-0.15, -0.1) is 0 Å². The quantitative estimate of drug-likeness (QED) is 0.574. The molecule has 21 heavy (non-hydrogen) atoms. The van der Waals surface area contributed by atoms with Crippen LogP contribution in [0.1, 0.15) is 57.9 Å². The summed E-state index contributed by atoms with van der Waals surface area (Å²) in [6, 6.07) is 6.17. The van der Waals surface area contributed by atoms with Crippen molar-refractivity contribution < 1.29 is 9.47 Å². The minimum Gasteiger partial charge on any atom is -0.493 e. The van der Waals surface area contributed by atoms with Gasteiger partial charge in [-0.3, -0.25) is 0 Å². The largest absolute Gasteiger partial charge is 0.493 e. The van der Waals surface area contributed by atoms with Gasteiger partial charge in [0.05, 0.1) is 13.7 Å². The van der Waals surface area contributed by atoms with Gasteiger partial charge in [0, 0.05) is 6.54 Å². The van der Waals surface area contributed by atoms with Crippen LogP contribution in [0.25, 0.3) is 0 Å². The lowest BCUT2D eigenvalue weighted by molar-refractivity contribution is 0.284. The Morgan fingerprint density at radius 2 is 1.71 bits per heavy atom. The van der Waals surface area contributed by atoms with Crippen molar-refractivity contribution in [1.82, 2.24) is 5.32 Å². The molecule has 1 aromatic rings. The lowest BCUT2D eigenvalue weighted by Crippen LogP contribution is -2.11. The highest BCUT2D eigenvalue weighted by atomic mass is 16.5. The van der Waals surface area contributed by atoms with Crippen molar-refractivity contribution in [2.24, 2.45) is 0 Å². The van der Waals surface area contributed by atoms with Crippen LogP contribution in [0.4, 0.5) is 0 Å². The van der Waals surface area contributed by atoms with Crippen molar-refractivity contribution in [2.75, 3.05) is 20.3 Å². The van der Waals surface area contributed by atoms with Crippen LogP contribution in [-0.2, 0) is 6.54 Å². The Morgan fingerprint density at radius 3 is 2.43 bits per heavy atom. The summed E-state index contributed by atoms with van der Waals surface area (Å²) in [5.74, 6) is 1.68. The molecule has 0 atom stereocenters. The second-order valence-electron chi connectivity index (χ2n) is 5.38. The van der Waals surface area contributed by atoms with Gasteiger partial charge in [0.2, 0.25) is 0 Å². The molecule has 1 N–H and O–H groups in total. The Morgan fingerprint density at radius 1 is 0.952 bits per heavy atom. The Kier molecular flexibility index (Phi) is 9.71. The first-order valence-electron chi connectivity index (χ1n) is 8.32. The zero-order valence-corrected chi connectivity index (χ0v) is 13.9. The van der Waals surface area contributed by atoms with Crippen molar-refractivity contribution in [3.63, 3.8) is 0 Å². The first-order valence-corrected chi connectivity index (χ1v) is 8.32. The molecular weight excluding hydrogens is 262 g/mol. The van der Waals surface area contributed by atoms with Crippen molar-refractivity contribution in [3.8, 4) is 11.5 Å². The first-order chi connectivity index (χ1) is 10.3. The van der Waals surface area contributed by atoms with Crippen LogP contribution < -0.4 is 14.8 Å². The zero-order valence-electron chi connectivity index (χ0n) is 13.9. The molecule has 0 spiro atoms. The maximum absolute atomic E-state index is 5.85. The van der Waals surface area contributed by atoms with E-state index in [1.807, 2.05) is 6.07 Å². The van der Waals surface area contributed by atoms with Gasteiger partial charge in [-0.05, 0) is 30.7 Å². The van der Waals surface area contributed by atoms with E-state index >= 15 is 0 Å². The predicted octanol–water partition coefficient (Wildman–Crippen LogP) is 4.54. The standard InChI is InChI=1S/C18H31NO2/c1-4-6-7-8-9-10-13-21-17-12-11-16(15-19-5-2)14-18(17)20-3/h11-12,14,19H,4-10,13,15H2,1-3H3. The fraction of sp³-hybridized carbons (Fsp3) is 0.667. The highest BCUT2D eigenvalue weighted by molar-refractivity contribution is 5.42. The number of methoxy groups -OCH3 is 1. The number of rotatable bonds is 12. The van der Waals surface area contributed by atoms with Gasteiger partial charge in [-0.2, -0.15) is 0 Å². The van der Waals surface area contributed by atoms with Crippen molar-refractivity contribution >= 4 is 0 Å². The van der Waals surface area contributed by atoms with Crippen LogP contribution >= 0.6 is 0 Å².